The number of nitrogens with one attached hydrogen (secondary N) is 1. The number of nitrogens with zero attached hydrogens (tertiary/aromatic N) is 1. The van der Waals surface area contributed by atoms with Crippen LogP contribution in [0.4, 0.5) is 15.8 Å². The zero-order valence-corrected chi connectivity index (χ0v) is 19.7. The van der Waals surface area contributed by atoms with Gasteiger partial charge in [0.25, 0.3) is 0 Å². The van der Waals surface area contributed by atoms with Gasteiger partial charge in [-0.1, -0.05) is 72.8 Å². The Bertz CT molecular complexity index is 1640. The minimum Gasteiger partial charge on any atom is -0.355 e. The molecule has 0 radical (unpaired) electrons. The van der Waals surface area contributed by atoms with Gasteiger partial charge < -0.3 is 9.88 Å². The normalized spacial score (nSPS) is 11.3. The Morgan fingerprint density at radius 2 is 1.20 bits per heavy atom. The molecule has 170 valence electrons. The van der Waals surface area contributed by atoms with Crippen LogP contribution in [-0.4, -0.2) is 4.57 Å². The average molecular weight is 457 g/mol. The van der Waals surface area contributed by atoms with Gasteiger partial charge in [0.2, 0.25) is 0 Å². The second-order valence-electron chi connectivity index (χ2n) is 8.97. The van der Waals surface area contributed by atoms with E-state index in [9.17, 15) is 0 Å². The molecule has 0 amide bonds. The van der Waals surface area contributed by atoms with E-state index in [4.69, 9.17) is 0 Å². The Morgan fingerprint density at radius 1 is 0.600 bits per heavy atom. The third kappa shape index (κ3) is 3.57. The van der Waals surface area contributed by atoms with Crippen LogP contribution < -0.4 is 5.32 Å². The van der Waals surface area contributed by atoms with Gasteiger partial charge in [-0.15, -0.1) is 0 Å². The van der Waals surface area contributed by atoms with Crippen LogP contribution in [0.15, 0.2) is 109 Å². The second-order valence-corrected chi connectivity index (χ2v) is 8.97. The Balaban J connectivity index is 1.54. The van der Waals surface area contributed by atoms with Crippen LogP contribution in [-0.2, 0) is 0 Å². The maximum absolute atomic E-state index is 15.4. The predicted octanol–water partition coefficient (Wildman–Crippen LogP) is 8.95. The number of halogens is 1. The van der Waals surface area contributed by atoms with E-state index in [1.807, 2.05) is 48.5 Å². The molecule has 2 nitrogen and oxygen atoms in total. The summed E-state index contributed by atoms with van der Waals surface area (Å²) in [6.45, 7) is 4.17. The van der Waals surface area contributed by atoms with E-state index in [1.165, 1.54) is 10.8 Å². The molecule has 0 saturated heterocycles. The summed E-state index contributed by atoms with van der Waals surface area (Å²) in [5.41, 5.74) is 8.77. The fourth-order valence-corrected chi connectivity index (χ4v) is 5.03. The molecule has 0 aliphatic heterocycles. The summed E-state index contributed by atoms with van der Waals surface area (Å²) in [6.07, 6.45) is 0. The summed E-state index contributed by atoms with van der Waals surface area (Å²) in [5, 5.41) is 5.95. The standard InChI is InChI=1S/C32H25FN2/c1-21-10-9-11-22(2)32(21)34-29-15-6-3-12-24(29)27-20-23(18-19-28(27)33)35-30-16-7-4-13-25(30)26-14-5-8-17-31(26)35/h3-20,34H,1-2H3. The lowest BCUT2D eigenvalue weighted by molar-refractivity contribution is 0.631. The summed E-state index contributed by atoms with van der Waals surface area (Å²) < 4.78 is 17.6. The van der Waals surface area contributed by atoms with E-state index in [-0.39, 0.29) is 5.82 Å². The molecule has 0 aliphatic rings. The maximum Gasteiger partial charge on any atom is 0.131 e. The Hall–Kier alpha value is -4.37. The Kier molecular flexibility index (Phi) is 5.11. The third-order valence-electron chi connectivity index (χ3n) is 6.75. The molecule has 1 N–H and O–H groups in total. The van der Waals surface area contributed by atoms with Crippen LogP contribution in [0.1, 0.15) is 11.1 Å². The average Bonchev–Trinajstić information content (AvgIpc) is 3.22. The minimum absolute atomic E-state index is 0.245. The van der Waals surface area contributed by atoms with Crippen LogP contribution in [0.25, 0.3) is 38.6 Å². The van der Waals surface area contributed by atoms with Gasteiger partial charge in [0.05, 0.1) is 11.0 Å². The van der Waals surface area contributed by atoms with Crippen molar-refractivity contribution in [2.24, 2.45) is 0 Å². The van der Waals surface area contributed by atoms with Gasteiger partial charge in [-0.05, 0) is 61.4 Å². The first-order chi connectivity index (χ1) is 17.1. The number of para-hydroxylation sites is 4. The first kappa shape index (κ1) is 21.2. The summed E-state index contributed by atoms with van der Waals surface area (Å²) in [4.78, 5) is 0. The van der Waals surface area contributed by atoms with Gasteiger partial charge in [0, 0.05) is 39.0 Å². The third-order valence-corrected chi connectivity index (χ3v) is 6.75. The second kappa shape index (κ2) is 8.44. The van der Waals surface area contributed by atoms with Crippen molar-refractivity contribution in [3.05, 3.63) is 126 Å². The van der Waals surface area contributed by atoms with Crippen molar-refractivity contribution >= 4 is 33.2 Å². The lowest BCUT2D eigenvalue weighted by Gasteiger charge is -2.17. The zero-order valence-electron chi connectivity index (χ0n) is 19.7. The molecule has 1 heterocycles. The summed E-state index contributed by atoms with van der Waals surface area (Å²) in [5.74, 6) is -0.245. The summed E-state index contributed by atoms with van der Waals surface area (Å²) in [6, 6.07) is 36.3. The van der Waals surface area contributed by atoms with Crippen molar-refractivity contribution in [3.63, 3.8) is 0 Å². The molecule has 3 heteroatoms. The van der Waals surface area contributed by atoms with Crippen molar-refractivity contribution in [1.82, 2.24) is 4.57 Å². The fourth-order valence-electron chi connectivity index (χ4n) is 5.03. The predicted molar refractivity (Wildman–Crippen MR) is 145 cm³/mol. The molecule has 1 aromatic heterocycles. The molecule has 35 heavy (non-hydrogen) atoms. The molecule has 0 unspecified atom stereocenters. The number of anilines is 2. The molecule has 5 aromatic carbocycles. The monoisotopic (exact) mass is 456 g/mol. The zero-order chi connectivity index (χ0) is 23.9. The molecular formula is C32H25FN2. The molecule has 0 spiro atoms. The maximum atomic E-state index is 15.4. The molecule has 0 saturated carbocycles. The minimum atomic E-state index is -0.245. The lowest BCUT2D eigenvalue weighted by atomic mass is 10.0. The van der Waals surface area contributed by atoms with E-state index < -0.39 is 0 Å². The Labute approximate surface area is 204 Å². The fraction of sp³-hybridized carbons (Fsp3) is 0.0625. The summed E-state index contributed by atoms with van der Waals surface area (Å²) >= 11 is 0. The SMILES string of the molecule is Cc1cccc(C)c1Nc1ccccc1-c1cc(-n2c3ccccc3c3ccccc32)ccc1F. The molecule has 6 aromatic rings. The van der Waals surface area contributed by atoms with Gasteiger partial charge in [0.1, 0.15) is 5.82 Å². The highest BCUT2D eigenvalue weighted by Gasteiger charge is 2.16. The van der Waals surface area contributed by atoms with Gasteiger partial charge >= 0.3 is 0 Å². The van der Waals surface area contributed by atoms with Crippen LogP contribution in [0, 0.1) is 19.7 Å². The molecular weight excluding hydrogens is 431 g/mol. The first-order valence-corrected chi connectivity index (χ1v) is 11.8. The largest absolute Gasteiger partial charge is 0.355 e. The van der Waals surface area contributed by atoms with Crippen LogP contribution in [0.5, 0.6) is 0 Å². The lowest BCUT2D eigenvalue weighted by Crippen LogP contribution is -2.00. The van der Waals surface area contributed by atoms with Gasteiger partial charge in [-0.2, -0.15) is 0 Å². The van der Waals surface area contributed by atoms with Gasteiger partial charge in [-0.3, -0.25) is 0 Å². The van der Waals surface area contributed by atoms with Crippen molar-refractivity contribution in [2.45, 2.75) is 13.8 Å². The van der Waals surface area contributed by atoms with Gasteiger partial charge in [-0.25, -0.2) is 4.39 Å². The Morgan fingerprint density at radius 3 is 1.89 bits per heavy atom. The van der Waals surface area contributed by atoms with E-state index >= 15 is 4.39 Å². The smallest absolute Gasteiger partial charge is 0.131 e. The molecule has 0 bridgehead atoms. The van der Waals surface area contributed by atoms with Crippen molar-refractivity contribution in [2.75, 3.05) is 5.32 Å². The number of benzene rings is 5. The molecule has 6 rings (SSSR count). The van der Waals surface area contributed by atoms with Crippen LogP contribution >= 0.6 is 0 Å². The molecule has 0 fully saturated rings. The van der Waals surface area contributed by atoms with Gasteiger partial charge in [0.15, 0.2) is 0 Å². The van der Waals surface area contributed by atoms with Crippen molar-refractivity contribution < 1.29 is 4.39 Å². The van der Waals surface area contributed by atoms with E-state index in [2.05, 4.69) is 78.3 Å². The van der Waals surface area contributed by atoms with E-state index in [0.29, 0.717) is 5.56 Å². The number of aromatic nitrogens is 1. The quantitative estimate of drug-likeness (QED) is 0.280. The first-order valence-electron chi connectivity index (χ1n) is 11.8. The molecule has 0 atom stereocenters. The highest BCUT2D eigenvalue weighted by atomic mass is 19.1. The highest BCUT2D eigenvalue weighted by Crippen LogP contribution is 2.37. The van der Waals surface area contributed by atoms with Crippen LogP contribution in [0.2, 0.25) is 0 Å². The van der Waals surface area contributed by atoms with Crippen molar-refractivity contribution in [3.8, 4) is 16.8 Å². The number of rotatable bonds is 4. The molecule has 0 aliphatic carbocycles. The number of hydrogen-bond donors (Lipinski definition) is 1. The highest BCUT2D eigenvalue weighted by molar-refractivity contribution is 6.09. The van der Waals surface area contributed by atoms with E-state index in [0.717, 1.165) is 44.8 Å². The number of hydrogen-bond acceptors (Lipinski definition) is 1. The van der Waals surface area contributed by atoms with Crippen LogP contribution in [0.3, 0.4) is 0 Å². The van der Waals surface area contributed by atoms with Crippen molar-refractivity contribution in [1.29, 1.82) is 0 Å². The number of fused-ring (bicyclic) bond motifs is 3. The van der Waals surface area contributed by atoms with E-state index in [1.54, 1.807) is 6.07 Å². The summed E-state index contributed by atoms with van der Waals surface area (Å²) in [7, 11) is 0. The number of aryl methyl sites for hydroxylation is 2. The topological polar surface area (TPSA) is 17.0 Å².